The molecule has 6 atom stereocenters. The van der Waals surface area contributed by atoms with Crippen molar-refractivity contribution in [1.29, 1.82) is 0 Å². The number of anilines is 3. The molecule has 0 bridgehead atoms. The van der Waals surface area contributed by atoms with Crippen molar-refractivity contribution in [3.05, 3.63) is 113 Å². The molecule has 0 radical (unpaired) electrons. The molecular formula is C76H106F2N16O7. The maximum Gasteiger partial charge on any atom is 0.246 e. The topological polar surface area (TPSA) is 261 Å². The first kappa shape index (κ1) is 72.9. The normalized spacial score (nSPS) is 23.8. The average molecular weight is 1390 g/mol. The summed E-state index contributed by atoms with van der Waals surface area (Å²) >= 11 is 0. The van der Waals surface area contributed by atoms with Crippen LogP contribution in [0.5, 0.6) is 0 Å². The lowest BCUT2D eigenvalue weighted by atomic mass is 9.82. The summed E-state index contributed by atoms with van der Waals surface area (Å²) in [7, 11) is 1.70. The maximum absolute atomic E-state index is 15.8. The van der Waals surface area contributed by atoms with Crippen molar-refractivity contribution in [1.82, 2.24) is 66.8 Å². The van der Waals surface area contributed by atoms with Crippen LogP contribution in [0.1, 0.15) is 157 Å². The van der Waals surface area contributed by atoms with E-state index in [-0.39, 0.29) is 102 Å². The van der Waals surface area contributed by atoms with Gasteiger partial charge in [0.15, 0.2) is 0 Å². The van der Waals surface area contributed by atoms with Crippen molar-refractivity contribution in [2.24, 2.45) is 16.7 Å². The van der Waals surface area contributed by atoms with E-state index >= 15 is 8.78 Å². The molecule has 3 aromatic carbocycles. The summed E-state index contributed by atoms with van der Waals surface area (Å²) in [6.07, 6.45) is 14.1. The first-order valence-corrected chi connectivity index (χ1v) is 37.2. The van der Waals surface area contributed by atoms with Crippen LogP contribution in [-0.4, -0.2) is 199 Å². The lowest BCUT2D eigenvalue weighted by Crippen LogP contribution is -2.66. The fourth-order valence-electron chi connectivity index (χ4n) is 16.9. The van der Waals surface area contributed by atoms with Crippen LogP contribution in [0.25, 0.3) is 0 Å². The van der Waals surface area contributed by atoms with E-state index in [2.05, 4.69) is 98.1 Å². The fourth-order valence-corrected chi connectivity index (χ4v) is 16.9. The Labute approximate surface area is 593 Å². The number of carbonyl (C=O) groups is 7. The number of carbonyl (C=O) groups excluding carboxylic acids is 7. The van der Waals surface area contributed by atoms with Gasteiger partial charge in [-0.25, -0.2) is 18.7 Å². The number of nitrogens with zero attached hydrogens (tertiary/aromatic N) is 8. The molecule has 7 heterocycles. The summed E-state index contributed by atoms with van der Waals surface area (Å²) in [4.78, 5) is 117. The Morgan fingerprint density at radius 1 is 0.713 bits per heavy atom. The first-order valence-electron chi connectivity index (χ1n) is 37.2. The molecule has 12 rings (SSSR count). The highest BCUT2D eigenvalue weighted by molar-refractivity contribution is 5.94. The lowest BCUT2D eigenvalue weighted by molar-refractivity contribution is -0.143. The number of hydrogen-bond donors (Lipinski definition) is 8. The van der Waals surface area contributed by atoms with Gasteiger partial charge in [0.05, 0.1) is 36.4 Å². The van der Waals surface area contributed by atoms with Gasteiger partial charge in [-0.1, -0.05) is 81.6 Å². The standard InChI is InChI=1S/C76H106F2N16O7/c1-51(79-4)71(99)87-70(55-15-6-5-7-16-55)73(101)94-44-57(38-63(94)72(100)86-61-19-11-17-54-14-8-9-18-58(54)61)85-67(96)21-20-66(95)80-28-35-90-31-24-75(47-90)25-32-91(48-75)45-68(97)82-42-53-13-10-12-52(36-53)41-81-64-40-65(84-50-83-64)92-33-26-76(27-34-92)49-93(46-69(98)88-76)62-39-59(77)56(37-60(62)78)43-89-29-22-74(2,3)23-30-89/h8-10,12-14,18,36-37,39-40,50-51,55,57,61,63,70,79H,5-7,11,15-17,19-35,38,41-49H2,1-4H3,(H,80,95)(H,82,97)(H,85,96)(H,86,100)(H,87,99)(H,88,98)(H,81,83,84)/t51-,57-,61-,63-,70-,75-/m0/s1. The van der Waals surface area contributed by atoms with E-state index in [9.17, 15) is 33.6 Å². The second-order valence-corrected chi connectivity index (χ2v) is 31.1. The molecule has 1 saturated carbocycles. The summed E-state index contributed by atoms with van der Waals surface area (Å²) in [6.45, 7) is 15.6. The molecule has 6 saturated heterocycles. The number of piperidine rings is 2. The monoisotopic (exact) mass is 1390 g/mol. The Balaban J connectivity index is 0.545. The minimum Gasteiger partial charge on any atom is -0.366 e. The number of fused-ring (bicyclic) bond motifs is 1. The van der Waals surface area contributed by atoms with Crippen molar-refractivity contribution in [3.8, 4) is 0 Å². The Hall–Kier alpha value is -7.87. The van der Waals surface area contributed by atoms with Gasteiger partial charge in [0.1, 0.15) is 41.7 Å². The number of aromatic nitrogens is 2. The van der Waals surface area contributed by atoms with Crippen LogP contribution in [0, 0.1) is 28.4 Å². The number of amides is 7. The van der Waals surface area contributed by atoms with Gasteiger partial charge >= 0.3 is 0 Å². The van der Waals surface area contributed by atoms with E-state index in [1.807, 2.05) is 42.5 Å². The zero-order chi connectivity index (χ0) is 70.8. The SMILES string of the molecule is CN[C@@H](C)C(=O)N[C@H](C(=O)N1C[C@@H](NC(=O)CCC(=O)NCCN2CC[C@]3(CCN(CC(=O)NCc4cccc(CNc5cc(N6CCC7(CC6)CN(c6cc(F)c(CN8CCC(C)(C)CC8)cc6F)CC(=O)N7)ncn5)c4)C3)C2)C[C@H]1C(=O)N[C@H]1CCCc2ccccc21)C1CCCCC1. The molecule has 8 N–H and O–H groups in total. The molecule has 8 aliphatic rings. The predicted octanol–water partition coefficient (Wildman–Crippen LogP) is 5.83. The number of hydrogen-bond acceptors (Lipinski definition) is 16. The number of piperazine rings is 1. The van der Waals surface area contributed by atoms with Gasteiger partial charge in [0, 0.05) is 109 Å². The van der Waals surface area contributed by atoms with Gasteiger partial charge in [-0.2, -0.15) is 0 Å². The molecule has 23 nitrogen and oxygen atoms in total. The summed E-state index contributed by atoms with van der Waals surface area (Å²) < 4.78 is 31.5. The van der Waals surface area contributed by atoms with Crippen molar-refractivity contribution in [2.75, 3.05) is 114 Å². The van der Waals surface area contributed by atoms with E-state index in [0.717, 1.165) is 139 Å². The number of likely N-dealkylation sites (N-methyl/N-ethyl adjacent to an activating group) is 1. The zero-order valence-electron chi connectivity index (χ0n) is 59.6. The lowest BCUT2D eigenvalue weighted by Gasteiger charge is -2.48. The smallest absolute Gasteiger partial charge is 0.246 e. The van der Waals surface area contributed by atoms with Crippen molar-refractivity contribution in [3.63, 3.8) is 0 Å². The van der Waals surface area contributed by atoms with Crippen LogP contribution in [0.4, 0.5) is 26.1 Å². The molecule has 7 amide bonds. The second kappa shape index (κ2) is 32.6. The molecule has 1 aromatic heterocycles. The van der Waals surface area contributed by atoms with Crippen molar-refractivity contribution in [2.45, 2.75) is 185 Å². The number of rotatable bonds is 25. The Bertz CT molecular complexity index is 3610. The summed E-state index contributed by atoms with van der Waals surface area (Å²) in [5.41, 5.74) is 4.45. The van der Waals surface area contributed by atoms with Crippen molar-refractivity contribution >= 4 is 58.7 Å². The number of benzene rings is 3. The van der Waals surface area contributed by atoms with Gasteiger partial charge in [-0.3, -0.25) is 43.4 Å². The predicted molar refractivity (Wildman–Crippen MR) is 383 cm³/mol. The van der Waals surface area contributed by atoms with Gasteiger partial charge < -0.3 is 62.1 Å². The number of nitrogens with one attached hydrogen (secondary N) is 8. The third kappa shape index (κ3) is 18.7. The molecule has 6 aliphatic heterocycles. The highest BCUT2D eigenvalue weighted by Crippen LogP contribution is 2.40. The number of likely N-dealkylation sites (tertiary alicyclic amines) is 4. The third-order valence-electron chi connectivity index (χ3n) is 23.1. The fraction of sp³-hybridized carbons (Fsp3) is 0.618. The molecule has 2 aliphatic carbocycles. The third-order valence-corrected chi connectivity index (χ3v) is 23.1. The van der Waals surface area contributed by atoms with E-state index in [4.69, 9.17) is 0 Å². The van der Waals surface area contributed by atoms with Gasteiger partial charge in [-0.05, 0) is 162 Å². The molecule has 25 heteroatoms. The minimum atomic E-state index is -0.862. The Kier molecular flexibility index (Phi) is 23.6. The van der Waals surface area contributed by atoms with Crippen LogP contribution < -0.4 is 52.3 Å². The average Bonchev–Trinajstić information content (AvgIpc) is 1.19. The Morgan fingerprint density at radius 3 is 2.23 bits per heavy atom. The van der Waals surface area contributed by atoms with Crippen molar-refractivity contribution < 1.29 is 42.3 Å². The number of halogens is 2. The molecule has 2 spiro atoms. The first-order chi connectivity index (χ1) is 48.7. The summed E-state index contributed by atoms with van der Waals surface area (Å²) in [5.74, 6) is -1.33. The molecule has 0 unspecified atom stereocenters. The van der Waals surface area contributed by atoms with Crippen LogP contribution >= 0.6 is 0 Å². The van der Waals surface area contributed by atoms with Crippen LogP contribution in [-0.2, 0) is 59.6 Å². The molecule has 101 heavy (non-hydrogen) atoms. The second-order valence-electron chi connectivity index (χ2n) is 31.1. The highest BCUT2D eigenvalue weighted by Gasteiger charge is 2.47. The minimum absolute atomic E-state index is 0.0113. The molecule has 4 aromatic rings. The quantitative estimate of drug-likeness (QED) is 0.0388. The Morgan fingerprint density at radius 2 is 1.45 bits per heavy atom. The summed E-state index contributed by atoms with van der Waals surface area (Å²) in [6, 6.07) is 17.8. The molecule has 7 fully saturated rings. The molecular weight excluding hydrogens is 1290 g/mol. The number of aryl methyl sites for hydroxylation is 1. The zero-order valence-corrected chi connectivity index (χ0v) is 59.6. The van der Waals surface area contributed by atoms with Crippen LogP contribution in [0.15, 0.2) is 73.1 Å². The van der Waals surface area contributed by atoms with Crippen LogP contribution in [0.2, 0.25) is 0 Å². The van der Waals surface area contributed by atoms with E-state index in [1.54, 1.807) is 23.8 Å². The highest BCUT2D eigenvalue weighted by atomic mass is 19.1. The van der Waals surface area contributed by atoms with E-state index in [0.29, 0.717) is 83.1 Å². The molecule has 546 valence electrons. The van der Waals surface area contributed by atoms with Crippen LogP contribution in [0.3, 0.4) is 0 Å². The largest absolute Gasteiger partial charge is 0.366 e. The van der Waals surface area contributed by atoms with Gasteiger partial charge in [-0.15, -0.1) is 0 Å². The van der Waals surface area contributed by atoms with E-state index < -0.39 is 41.3 Å². The summed E-state index contributed by atoms with van der Waals surface area (Å²) in [5, 5.41) is 25.1. The maximum atomic E-state index is 15.8. The van der Waals surface area contributed by atoms with E-state index in [1.165, 1.54) is 24.0 Å². The van der Waals surface area contributed by atoms with Gasteiger partial charge in [0.2, 0.25) is 41.4 Å². The van der Waals surface area contributed by atoms with Gasteiger partial charge in [0.25, 0.3) is 0 Å².